The second-order valence-electron chi connectivity index (χ2n) is 5.30. The first-order chi connectivity index (χ1) is 9.00. The van der Waals surface area contributed by atoms with Crippen LogP contribution in [0.15, 0.2) is 0 Å². The molecule has 136 valence electrons. The third-order valence-corrected chi connectivity index (χ3v) is 2.31. The molecule has 0 fully saturated rings. The van der Waals surface area contributed by atoms with E-state index in [-0.39, 0.29) is 7.26 Å². The van der Waals surface area contributed by atoms with Crippen molar-refractivity contribution < 1.29 is 52.5 Å². The SMILES string of the molecule is C[P+](C)(C)C.O=S(=O)([O-])C(F)(F)C(F)(F)C(F)(F)C(F)(F)F. The summed E-state index contributed by atoms with van der Waals surface area (Å²) < 4.78 is 135. The van der Waals surface area contributed by atoms with E-state index in [1.165, 1.54) is 0 Å². The fraction of sp³-hybridized carbons (Fsp3) is 1.00. The minimum atomic E-state index is -7.43. The van der Waals surface area contributed by atoms with Crippen LogP contribution in [0.2, 0.25) is 0 Å². The Balaban J connectivity index is 0. The van der Waals surface area contributed by atoms with Crippen LogP contribution in [0, 0.1) is 0 Å². The molecule has 0 amide bonds. The van der Waals surface area contributed by atoms with E-state index in [9.17, 15) is 52.5 Å². The lowest BCUT2D eigenvalue weighted by Crippen LogP contribution is -2.63. The molecule has 0 heterocycles. The number of hydrogen-bond donors (Lipinski definition) is 0. The van der Waals surface area contributed by atoms with Gasteiger partial charge in [-0.3, -0.25) is 0 Å². The molecule has 0 radical (unpaired) electrons. The van der Waals surface area contributed by atoms with Gasteiger partial charge in [-0.25, -0.2) is 8.42 Å². The van der Waals surface area contributed by atoms with E-state index >= 15 is 0 Å². The zero-order chi connectivity index (χ0) is 19.0. The van der Waals surface area contributed by atoms with Crippen molar-refractivity contribution in [3.63, 3.8) is 0 Å². The van der Waals surface area contributed by atoms with Crippen molar-refractivity contribution in [2.45, 2.75) is 23.3 Å². The minimum absolute atomic E-state index is 0.389. The van der Waals surface area contributed by atoms with Gasteiger partial charge in [0.25, 0.3) is 0 Å². The first-order valence-electron chi connectivity index (χ1n) is 4.94. The maximum absolute atomic E-state index is 12.2. The average molecular weight is 390 g/mol. The topological polar surface area (TPSA) is 57.2 Å². The number of halogens is 9. The van der Waals surface area contributed by atoms with Crippen molar-refractivity contribution in [3.8, 4) is 0 Å². The maximum Gasteiger partial charge on any atom is 0.460 e. The third kappa shape index (κ3) is 5.41. The summed E-state index contributed by atoms with van der Waals surface area (Å²) in [4.78, 5) is 0. The lowest BCUT2D eigenvalue weighted by atomic mass is 10.1. The van der Waals surface area contributed by atoms with Crippen molar-refractivity contribution in [1.29, 1.82) is 0 Å². The molecule has 0 bridgehead atoms. The summed E-state index contributed by atoms with van der Waals surface area (Å²) in [5, 5.41) is -7.11. The van der Waals surface area contributed by atoms with E-state index in [1.807, 2.05) is 0 Å². The fourth-order valence-electron chi connectivity index (χ4n) is 0.518. The van der Waals surface area contributed by atoms with Crippen LogP contribution in [0.1, 0.15) is 0 Å². The van der Waals surface area contributed by atoms with Crippen molar-refractivity contribution >= 4 is 17.4 Å². The highest BCUT2D eigenvalue weighted by Gasteiger charge is 2.83. The van der Waals surface area contributed by atoms with Crippen LogP contribution in [0.3, 0.4) is 0 Å². The zero-order valence-electron chi connectivity index (χ0n) is 11.5. The second-order valence-corrected chi connectivity index (χ2v) is 12.1. The van der Waals surface area contributed by atoms with Gasteiger partial charge in [0.2, 0.25) is 0 Å². The van der Waals surface area contributed by atoms with Gasteiger partial charge in [0.15, 0.2) is 10.1 Å². The number of rotatable bonds is 3. The summed E-state index contributed by atoms with van der Waals surface area (Å²) in [5.41, 5.74) is 0. The van der Waals surface area contributed by atoms with Crippen molar-refractivity contribution in [2.75, 3.05) is 26.7 Å². The molecule has 0 aliphatic carbocycles. The molecule has 0 rings (SSSR count). The molecule has 0 saturated heterocycles. The zero-order valence-corrected chi connectivity index (χ0v) is 13.2. The van der Waals surface area contributed by atoms with Gasteiger partial charge >= 0.3 is 23.3 Å². The van der Waals surface area contributed by atoms with Crippen LogP contribution in [-0.2, 0) is 10.1 Å². The summed E-state index contributed by atoms with van der Waals surface area (Å²) in [6.45, 7) is 9.19. The van der Waals surface area contributed by atoms with Gasteiger partial charge < -0.3 is 4.55 Å². The van der Waals surface area contributed by atoms with Crippen LogP contribution in [0.25, 0.3) is 0 Å². The van der Waals surface area contributed by atoms with E-state index in [4.69, 9.17) is 0 Å². The van der Waals surface area contributed by atoms with Crippen LogP contribution < -0.4 is 0 Å². The van der Waals surface area contributed by atoms with Crippen LogP contribution in [-0.4, -0.2) is 62.9 Å². The van der Waals surface area contributed by atoms with Gasteiger partial charge in [0.1, 0.15) is 0 Å². The Kier molecular flexibility index (Phi) is 6.87. The number of alkyl halides is 9. The van der Waals surface area contributed by atoms with Crippen molar-refractivity contribution in [2.24, 2.45) is 0 Å². The highest BCUT2D eigenvalue weighted by molar-refractivity contribution is 7.86. The molecule has 0 aromatic heterocycles. The first kappa shape index (κ1) is 24.0. The summed E-state index contributed by atoms with van der Waals surface area (Å²) in [6, 6.07) is 0. The van der Waals surface area contributed by atoms with Gasteiger partial charge in [0.05, 0.1) is 0 Å². The monoisotopic (exact) mass is 390 g/mol. The normalized spacial score (nSPS) is 15.2. The Morgan fingerprint density at radius 2 is 0.955 bits per heavy atom. The molecule has 0 aliphatic rings. The fourth-order valence-corrected chi connectivity index (χ4v) is 0.960. The predicted molar refractivity (Wildman–Crippen MR) is 61.2 cm³/mol. The smallest absolute Gasteiger partial charge is 0.460 e. The summed E-state index contributed by atoms with van der Waals surface area (Å²) in [5.74, 6) is -14.8. The lowest BCUT2D eigenvalue weighted by Gasteiger charge is -2.34. The Labute approximate surface area is 121 Å². The molecule has 0 spiro atoms. The molecule has 3 nitrogen and oxygen atoms in total. The average Bonchev–Trinajstić information content (AvgIpc) is 2.10. The highest BCUT2D eigenvalue weighted by Crippen LogP contribution is 2.54. The molecular formula is C8H12F9O3PS. The summed E-state index contributed by atoms with van der Waals surface area (Å²) in [6.07, 6.45) is -7.16. The number of hydrogen-bond acceptors (Lipinski definition) is 3. The largest absolute Gasteiger partial charge is 0.743 e. The molecule has 14 heteroatoms. The predicted octanol–water partition coefficient (Wildman–Crippen LogP) is 3.48. The molecule has 0 aliphatic heterocycles. The second kappa shape index (κ2) is 6.31. The standard InChI is InChI=1S/C4HF9O3S.C4H12P/c5-1(6,3(9,10)11)2(7,8)4(12,13)17(14,15)16;1-5(2,3)4/h(H,14,15,16);1-4H3/q;+1/p-1. The quantitative estimate of drug-likeness (QED) is 0.421. The van der Waals surface area contributed by atoms with Gasteiger partial charge in [-0.2, -0.15) is 39.5 Å². The van der Waals surface area contributed by atoms with Gasteiger partial charge in [0, 0.05) is 33.9 Å². The minimum Gasteiger partial charge on any atom is -0.743 e. The van der Waals surface area contributed by atoms with Gasteiger partial charge in [-0.15, -0.1) is 0 Å². The van der Waals surface area contributed by atoms with Crippen LogP contribution in [0.5, 0.6) is 0 Å². The molecule has 22 heavy (non-hydrogen) atoms. The Morgan fingerprint density at radius 1 is 0.727 bits per heavy atom. The molecular weight excluding hydrogens is 378 g/mol. The Bertz CT molecular complexity index is 472. The third-order valence-electron chi connectivity index (χ3n) is 1.43. The first-order valence-corrected chi connectivity index (χ1v) is 9.93. The molecule has 0 aromatic carbocycles. The van der Waals surface area contributed by atoms with Crippen LogP contribution in [0.4, 0.5) is 39.5 Å². The van der Waals surface area contributed by atoms with E-state index in [2.05, 4.69) is 26.7 Å². The highest BCUT2D eigenvalue weighted by atomic mass is 32.2. The molecule has 0 atom stereocenters. The summed E-state index contributed by atoms with van der Waals surface area (Å²) in [7, 11) is -7.81. The van der Waals surface area contributed by atoms with Crippen molar-refractivity contribution in [1.82, 2.24) is 0 Å². The molecule has 0 unspecified atom stereocenters. The maximum atomic E-state index is 12.2. The van der Waals surface area contributed by atoms with Crippen molar-refractivity contribution in [3.05, 3.63) is 0 Å². The van der Waals surface area contributed by atoms with E-state index in [0.29, 0.717) is 0 Å². The molecule has 0 saturated carbocycles. The Morgan fingerprint density at radius 3 is 1.09 bits per heavy atom. The van der Waals surface area contributed by atoms with E-state index in [1.54, 1.807) is 0 Å². The Hall–Kier alpha value is -0.290. The van der Waals surface area contributed by atoms with Gasteiger partial charge in [-0.1, -0.05) is 0 Å². The summed E-state index contributed by atoms with van der Waals surface area (Å²) >= 11 is 0. The molecule has 0 aromatic rings. The van der Waals surface area contributed by atoms with Gasteiger partial charge in [-0.05, 0) is 0 Å². The molecule has 0 N–H and O–H groups in total. The van der Waals surface area contributed by atoms with E-state index in [0.717, 1.165) is 0 Å². The lowest BCUT2D eigenvalue weighted by molar-refractivity contribution is -0.382. The van der Waals surface area contributed by atoms with Crippen LogP contribution >= 0.6 is 7.26 Å². The van der Waals surface area contributed by atoms with E-state index < -0.39 is 33.4 Å².